The molecular formula is C18H15NO3S. The summed E-state index contributed by atoms with van der Waals surface area (Å²) in [5.41, 5.74) is 2.48. The van der Waals surface area contributed by atoms with E-state index in [9.17, 15) is 14.9 Å². The molecule has 0 atom stereocenters. The largest absolute Gasteiger partial charge is 0.289 e. The van der Waals surface area contributed by atoms with Gasteiger partial charge in [0.2, 0.25) is 0 Å². The number of Topliss-reactive ketones (excluding diaryl/α,β-unsaturated/α-hetero) is 1. The van der Waals surface area contributed by atoms with Crippen LogP contribution in [0.15, 0.2) is 52.9 Å². The van der Waals surface area contributed by atoms with E-state index in [1.807, 2.05) is 29.7 Å². The van der Waals surface area contributed by atoms with Gasteiger partial charge < -0.3 is 0 Å². The highest BCUT2D eigenvalue weighted by Gasteiger charge is 2.20. The Balaban J connectivity index is 1.84. The molecule has 0 bridgehead atoms. The molecule has 1 saturated carbocycles. The number of thiophene rings is 1. The fourth-order valence-corrected chi connectivity index (χ4v) is 3.30. The number of carbonyl (C=O) groups excluding carboxylic acids is 1. The topological polar surface area (TPSA) is 60.2 Å². The number of hydrogen-bond acceptors (Lipinski definition) is 4. The predicted molar refractivity (Wildman–Crippen MR) is 92.2 cm³/mol. The van der Waals surface area contributed by atoms with Gasteiger partial charge in [0.05, 0.1) is 4.92 Å². The molecule has 5 heteroatoms. The summed E-state index contributed by atoms with van der Waals surface area (Å²) in [5.74, 6) is 0.0861. The Morgan fingerprint density at radius 1 is 1.04 bits per heavy atom. The molecule has 1 fully saturated rings. The third kappa shape index (κ3) is 3.63. The number of hydrogen-bond donors (Lipinski definition) is 0. The zero-order valence-corrected chi connectivity index (χ0v) is 13.2. The Hall–Kier alpha value is -2.53. The summed E-state index contributed by atoms with van der Waals surface area (Å²) in [6.07, 6.45) is 6.30. The maximum atomic E-state index is 12.6. The molecule has 0 spiro atoms. The van der Waals surface area contributed by atoms with E-state index >= 15 is 0 Å². The van der Waals surface area contributed by atoms with Crippen LogP contribution in [0.5, 0.6) is 0 Å². The molecule has 1 aliphatic rings. The van der Waals surface area contributed by atoms with Crippen LogP contribution in [0, 0.1) is 10.1 Å². The summed E-state index contributed by atoms with van der Waals surface area (Å²) < 4.78 is 0. The fraction of sp³-hybridized carbons (Fsp3) is 0.167. The number of nitro benzene ring substituents is 1. The van der Waals surface area contributed by atoms with E-state index < -0.39 is 4.92 Å². The van der Waals surface area contributed by atoms with Gasteiger partial charge in [-0.3, -0.25) is 14.9 Å². The van der Waals surface area contributed by atoms with Gasteiger partial charge in [0.25, 0.3) is 5.69 Å². The van der Waals surface area contributed by atoms with E-state index in [0.29, 0.717) is 0 Å². The highest BCUT2D eigenvalue weighted by atomic mass is 32.1. The number of rotatable bonds is 3. The van der Waals surface area contributed by atoms with Crippen molar-refractivity contribution in [3.63, 3.8) is 0 Å². The normalized spacial score (nSPS) is 18.5. The molecule has 1 aliphatic carbocycles. The average Bonchev–Trinajstić information content (AvgIpc) is 3.05. The minimum absolute atomic E-state index is 0.0559. The maximum Gasteiger partial charge on any atom is 0.269 e. The van der Waals surface area contributed by atoms with Gasteiger partial charge in [-0.15, -0.1) is 11.3 Å². The van der Waals surface area contributed by atoms with Crippen molar-refractivity contribution in [1.29, 1.82) is 0 Å². The second-order valence-electron chi connectivity index (χ2n) is 5.39. The van der Waals surface area contributed by atoms with E-state index in [1.54, 1.807) is 23.5 Å². The highest BCUT2D eigenvalue weighted by molar-refractivity contribution is 7.10. The van der Waals surface area contributed by atoms with Crippen molar-refractivity contribution in [2.45, 2.75) is 19.3 Å². The van der Waals surface area contributed by atoms with Gasteiger partial charge in [-0.05, 0) is 60.6 Å². The summed E-state index contributed by atoms with van der Waals surface area (Å²) in [6, 6.07) is 10.2. The minimum atomic E-state index is -0.426. The lowest BCUT2D eigenvalue weighted by molar-refractivity contribution is -0.384. The molecule has 1 aromatic carbocycles. The highest BCUT2D eigenvalue weighted by Crippen LogP contribution is 2.29. The molecule has 0 unspecified atom stereocenters. The van der Waals surface area contributed by atoms with Crippen molar-refractivity contribution in [3.05, 3.63) is 73.5 Å². The summed E-state index contributed by atoms with van der Waals surface area (Å²) >= 11 is 1.62. The fourth-order valence-electron chi connectivity index (χ4n) is 2.62. The van der Waals surface area contributed by atoms with Crippen molar-refractivity contribution >= 4 is 35.0 Å². The Morgan fingerprint density at radius 3 is 2.35 bits per heavy atom. The number of nitrogens with zero attached hydrogens (tertiary/aromatic N) is 1. The maximum absolute atomic E-state index is 12.6. The minimum Gasteiger partial charge on any atom is -0.289 e. The first-order chi connectivity index (χ1) is 11.1. The van der Waals surface area contributed by atoms with Crippen LogP contribution in [0.4, 0.5) is 5.69 Å². The first kappa shape index (κ1) is 15.4. The van der Waals surface area contributed by atoms with E-state index in [4.69, 9.17) is 0 Å². The van der Waals surface area contributed by atoms with E-state index in [0.717, 1.165) is 40.8 Å². The van der Waals surface area contributed by atoms with Crippen molar-refractivity contribution in [3.8, 4) is 0 Å². The van der Waals surface area contributed by atoms with Gasteiger partial charge >= 0.3 is 0 Å². The molecule has 1 aromatic heterocycles. The number of ketones is 1. The number of allylic oxidation sites excluding steroid dienone is 2. The quantitative estimate of drug-likeness (QED) is 0.459. The molecule has 0 N–H and O–H groups in total. The SMILES string of the molecule is O=C1/C(=C/c2ccc([N+](=O)[O-])cc2)CCC/C1=C\c1cccs1. The van der Waals surface area contributed by atoms with Crippen LogP contribution in [-0.4, -0.2) is 10.7 Å². The smallest absolute Gasteiger partial charge is 0.269 e. The van der Waals surface area contributed by atoms with Gasteiger partial charge in [0.1, 0.15) is 0 Å². The number of non-ortho nitro benzene ring substituents is 1. The zero-order valence-electron chi connectivity index (χ0n) is 12.4. The Morgan fingerprint density at radius 2 is 1.74 bits per heavy atom. The molecule has 0 radical (unpaired) electrons. The van der Waals surface area contributed by atoms with Crippen molar-refractivity contribution in [2.75, 3.05) is 0 Å². The Bertz CT molecular complexity index is 786. The second-order valence-corrected chi connectivity index (χ2v) is 6.37. The third-order valence-corrected chi connectivity index (χ3v) is 4.60. The standard InChI is InChI=1S/C18H15NO3S/c20-18-14(11-13-6-8-16(9-7-13)19(21)22)3-1-4-15(18)12-17-5-2-10-23-17/h2,5-12H,1,3-4H2/b14-11+,15-12+. The molecule has 3 rings (SSSR count). The van der Waals surface area contributed by atoms with Crippen LogP contribution in [0.1, 0.15) is 29.7 Å². The Labute approximate surface area is 137 Å². The summed E-state index contributed by atoms with van der Waals surface area (Å²) in [6.45, 7) is 0. The molecule has 4 nitrogen and oxygen atoms in total. The van der Waals surface area contributed by atoms with Crippen LogP contribution >= 0.6 is 11.3 Å². The van der Waals surface area contributed by atoms with Crippen molar-refractivity contribution < 1.29 is 9.72 Å². The molecular weight excluding hydrogens is 310 g/mol. The van der Waals surface area contributed by atoms with Crippen molar-refractivity contribution in [2.24, 2.45) is 0 Å². The van der Waals surface area contributed by atoms with Crippen LogP contribution in [0.25, 0.3) is 12.2 Å². The molecule has 2 aromatic rings. The summed E-state index contributed by atoms with van der Waals surface area (Å²) in [7, 11) is 0. The van der Waals surface area contributed by atoms with Crippen LogP contribution < -0.4 is 0 Å². The van der Waals surface area contributed by atoms with Crippen LogP contribution in [0.2, 0.25) is 0 Å². The molecule has 1 heterocycles. The lowest BCUT2D eigenvalue weighted by Gasteiger charge is -2.16. The Kier molecular flexibility index (Phi) is 4.48. The lowest BCUT2D eigenvalue weighted by atomic mass is 9.87. The van der Waals surface area contributed by atoms with Gasteiger partial charge in [-0.1, -0.05) is 6.07 Å². The average molecular weight is 325 g/mol. The molecule has 23 heavy (non-hydrogen) atoms. The first-order valence-electron chi connectivity index (χ1n) is 7.37. The third-order valence-electron chi connectivity index (χ3n) is 3.78. The second kappa shape index (κ2) is 6.71. The number of nitro groups is 1. The van der Waals surface area contributed by atoms with Gasteiger partial charge in [0, 0.05) is 28.2 Å². The summed E-state index contributed by atoms with van der Waals surface area (Å²) in [4.78, 5) is 23.9. The van der Waals surface area contributed by atoms with Gasteiger partial charge in [0.15, 0.2) is 5.78 Å². The van der Waals surface area contributed by atoms with E-state index in [1.165, 1.54) is 12.1 Å². The van der Waals surface area contributed by atoms with Crippen LogP contribution in [0.3, 0.4) is 0 Å². The predicted octanol–water partition coefficient (Wildman–Crippen LogP) is 4.88. The molecule has 116 valence electrons. The lowest BCUT2D eigenvalue weighted by Crippen LogP contribution is -2.12. The van der Waals surface area contributed by atoms with E-state index in [-0.39, 0.29) is 11.5 Å². The number of benzene rings is 1. The molecule has 0 aliphatic heterocycles. The van der Waals surface area contributed by atoms with E-state index in [2.05, 4.69) is 0 Å². The van der Waals surface area contributed by atoms with Gasteiger partial charge in [-0.2, -0.15) is 0 Å². The zero-order chi connectivity index (χ0) is 16.2. The van der Waals surface area contributed by atoms with Gasteiger partial charge in [-0.25, -0.2) is 0 Å². The first-order valence-corrected chi connectivity index (χ1v) is 8.25. The molecule has 0 amide bonds. The molecule has 0 saturated heterocycles. The van der Waals surface area contributed by atoms with Crippen molar-refractivity contribution in [1.82, 2.24) is 0 Å². The summed E-state index contributed by atoms with van der Waals surface area (Å²) in [5, 5.41) is 12.7. The number of carbonyl (C=O) groups is 1. The van der Waals surface area contributed by atoms with Crippen LogP contribution in [-0.2, 0) is 4.79 Å². The monoisotopic (exact) mass is 325 g/mol.